The summed E-state index contributed by atoms with van der Waals surface area (Å²) in [5.74, 6) is -3.67. The SMILES string of the molecule is O=C([O-])C(F)(F)OC(F)(F)OC(F)(F)OC(F)(F)OC(F)(F)F.[NH4+]. The molecule has 0 aliphatic rings. The second kappa shape index (κ2) is 7.17. The first-order chi connectivity index (χ1) is 9.77. The van der Waals surface area contributed by atoms with E-state index in [0.717, 1.165) is 0 Å². The van der Waals surface area contributed by atoms with E-state index in [9.17, 15) is 58.2 Å². The lowest BCUT2D eigenvalue weighted by Gasteiger charge is -2.27. The average molecular weight is 395 g/mol. The molecule has 4 N–H and O–H groups in total. The number of rotatable bonds is 8. The van der Waals surface area contributed by atoms with Gasteiger partial charge < -0.3 is 16.1 Å². The van der Waals surface area contributed by atoms with E-state index in [1.165, 1.54) is 0 Å². The van der Waals surface area contributed by atoms with Crippen LogP contribution in [0.25, 0.3) is 0 Å². The molecule has 0 spiro atoms. The molecule has 24 heavy (non-hydrogen) atoms. The first-order valence-corrected chi connectivity index (χ1v) is 4.37. The minimum atomic E-state index is -6.40. The van der Waals surface area contributed by atoms with Crippen LogP contribution >= 0.6 is 0 Å². The highest BCUT2D eigenvalue weighted by atomic mass is 19.4. The monoisotopic (exact) mass is 395 g/mol. The summed E-state index contributed by atoms with van der Waals surface area (Å²) in [6.07, 6.45) is -31.2. The number of hydrogen-bond donors (Lipinski definition) is 1. The summed E-state index contributed by atoms with van der Waals surface area (Å²) in [7, 11) is 0. The molecule has 0 aliphatic heterocycles. The molecule has 0 rings (SSSR count). The van der Waals surface area contributed by atoms with Crippen molar-refractivity contribution in [2.24, 2.45) is 0 Å². The molecule has 0 bridgehead atoms. The lowest BCUT2D eigenvalue weighted by atomic mass is 10.6. The third-order valence-corrected chi connectivity index (χ3v) is 1.19. The smallest absolute Gasteiger partial charge is 0.529 e. The number of ether oxygens (including phenoxy) is 4. The molecule has 0 aromatic carbocycles. The van der Waals surface area contributed by atoms with E-state index in [0.29, 0.717) is 0 Å². The van der Waals surface area contributed by atoms with Crippen LogP contribution in [0.3, 0.4) is 0 Å². The normalized spacial score (nSPS) is 14.3. The Morgan fingerprint density at radius 2 is 0.917 bits per heavy atom. The highest BCUT2D eigenvalue weighted by Crippen LogP contribution is 2.38. The number of halogens is 11. The molecule has 0 atom stereocenters. The molecule has 0 fully saturated rings. The Kier molecular flexibility index (Phi) is 7.39. The van der Waals surface area contributed by atoms with Gasteiger partial charge in [0, 0.05) is 0 Å². The molecule has 146 valence electrons. The summed E-state index contributed by atoms with van der Waals surface area (Å²) in [5, 5.41) is 9.59. The number of aliphatic carboxylic acids is 1. The third-order valence-electron chi connectivity index (χ3n) is 1.19. The second-order valence-electron chi connectivity index (χ2n) is 3.05. The van der Waals surface area contributed by atoms with Crippen LogP contribution in [0, 0.1) is 0 Å². The van der Waals surface area contributed by atoms with Crippen molar-refractivity contribution in [3.05, 3.63) is 0 Å². The molecule has 0 heterocycles. The highest BCUT2D eigenvalue weighted by molar-refractivity contribution is 5.71. The minimum absolute atomic E-state index is 0. The largest absolute Gasteiger partial charge is 0.542 e. The predicted octanol–water partition coefficient (Wildman–Crippen LogP) is 1.94. The van der Waals surface area contributed by atoms with Crippen LogP contribution < -0.4 is 11.3 Å². The topological polar surface area (TPSA) is 114 Å². The number of carboxylic acids is 1. The van der Waals surface area contributed by atoms with Crippen LogP contribution in [0.5, 0.6) is 0 Å². The van der Waals surface area contributed by atoms with Crippen LogP contribution in [-0.4, -0.2) is 37.3 Å². The van der Waals surface area contributed by atoms with Crippen LogP contribution in [0.2, 0.25) is 0 Å². The molecule has 0 radical (unpaired) electrons. The Morgan fingerprint density at radius 1 is 0.625 bits per heavy atom. The van der Waals surface area contributed by atoms with Gasteiger partial charge in [0.15, 0.2) is 0 Å². The summed E-state index contributed by atoms with van der Waals surface area (Å²) in [5.41, 5.74) is 0. The Hall–Kier alpha value is -1.50. The summed E-state index contributed by atoms with van der Waals surface area (Å²) < 4.78 is 140. The van der Waals surface area contributed by atoms with Gasteiger partial charge in [-0.15, -0.1) is 39.5 Å². The van der Waals surface area contributed by atoms with Crippen molar-refractivity contribution in [3.63, 3.8) is 0 Å². The molecular formula is C6H4F11NO6. The molecule has 0 aliphatic carbocycles. The molecule has 0 unspecified atom stereocenters. The van der Waals surface area contributed by atoms with E-state index in [-0.39, 0.29) is 6.15 Å². The molecule has 0 saturated carbocycles. The fraction of sp³-hybridized carbons (Fsp3) is 0.833. The van der Waals surface area contributed by atoms with Crippen molar-refractivity contribution in [3.8, 4) is 0 Å². The zero-order valence-corrected chi connectivity index (χ0v) is 10.6. The number of alkyl halides is 11. The first kappa shape index (κ1) is 24.7. The summed E-state index contributed by atoms with van der Waals surface area (Å²) in [6.45, 7) is 0. The van der Waals surface area contributed by atoms with Gasteiger partial charge in [-0.25, -0.2) is 14.2 Å². The van der Waals surface area contributed by atoms with E-state index >= 15 is 0 Å². The van der Waals surface area contributed by atoms with Gasteiger partial charge in [0.05, 0.1) is 0 Å². The van der Waals surface area contributed by atoms with E-state index in [1.807, 2.05) is 14.2 Å². The highest BCUT2D eigenvalue weighted by Gasteiger charge is 2.59. The predicted molar refractivity (Wildman–Crippen MR) is 41.2 cm³/mol. The molecule has 0 aromatic rings. The van der Waals surface area contributed by atoms with Crippen LogP contribution in [0.1, 0.15) is 0 Å². The maximum absolute atomic E-state index is 12.4. The van der Waals surface area contributed by atoms with Gasteiger partial charge in [-0.05, 0) is 0 Å². The fourth-order valence-electron chi connectivity index (χ4n) is 0.665. The van der Waals surface area contributed by atoms with Gasteiger partial charge in [0.25, 0.3) is 0 Å². The van der Waals surface area contributed by atoms with Crippen molar-refractivity contribution < 1.29 is 77.1 Å². The molecule has 7 nitrogen and oxygen atoms in total. The number of carboxylic acid groups (broad SMARTS) is 1. The third kappa shape index (κ3) is 9.60. The molecule has 18 heteroatoms. The summed E-state index contributed by atoms with van der Waals surface area (Å²) in [6, 6.07) is 0. The molecule has 0 saturated heterocycles. The lowest BCUT2D eigenvalue weighted by molar-refractivity contribution is -0.609. The summed E-state index contributed by atoms with van der Waals surface area (Å²) >= 11 is 0. The van der Waals surface area contributed by atoms with Gasteiger partial charge >= 0.3 is 31.4 Å². The van der Waals surface area contributed by atoms with Crippen molar-refractivity contribution in [1.82, 2.24) is 6.15 Å². The van der Waals surface area contributed by atoms with E-state index < -0.39 is 37.3 Å². The minimum Gasteiger partial charge on any atom is -0.542 e. The lowest BCUT2D eigenvalue weighted by Crippen LogP contribution is -2.51. The molecule has 0 amide bonds. The number of carbonyl (C=O) groups is 1. The van der Waals surface area contributed by atoms with Gasteiger partial charge in [0.2, 0.25) is 0 Å². The standard InChI is InChI=1S/C6HF11O6.H3N/c7-2(8,1(18)19)20-4(12,13)22-6(16,17)23-5(14,15)21-3(9,10)11;/h(H,18,19);1H3. The summed E-state index contributed by atoms with van der Waals surface area (Å²) in [4.78, 5) is 9.59. The second-order valence-corrected chi connectivity index (χ2v) is 3.05. The zero-order chi connectivity index (χ0) is 18.9. The van der Waals surface area contributed by atoms with Crippen LogP contribution in [-0.2, 0) is 23.7 Å². The maximum atomic E-state index is 12.4. The van der Waals surface area contributed by atoms with Crippen molar-refractivity contribution in [1.29, 1.82) is 0 Å². The Bertz CT molecular complexity index is 437. The number of carbonyl (C=O) groups excluding carboxylic acids is 1. The Morgan fingerprint density at radius 3 is 1.21 bits per heavy atom. The van der Waals surface area contributed by atoms with Gasteiger partial charge in [-0.1, -0.05) is 0 Å². The van der Waals surface area contributed by atoms with Gasteiger partial charge in [-0.3, -0.25) is 0 Å². The fourth-order valence-corrected chi connectivity index (χ4v) is 0.665. The molecular weight excluding hydrogens is 391 g/mol. The van der Waals surface area contributed by atoms with Crippen LogP contribution in [0.15, 0.2) is 0 Å². The van der Waals surface area contributed by atoms with Crippen LogP contribution in [0.4, 0.5) is 48.3 Å². The Labute approximate surface area is 122 Å². The zero-order valence-electron chi connectivity index (χ0n) is 10.6. The number of quaternary nitrogens is 1. The van der Waals surface area contributed by atoms with E-state index in [1.54, 1.807) is 4.74 Å². The molecule has 0 aromatic heterocycles. The number of hydrogen-bond acceptors (Lipinski definition) is 6. The van der Waals surface area contributed by atoms with Crippen molar-refractivity contribution in [2.45, 2.75) is 31.4 Å². The van der Waals surface area contributed by atoms with E-state index in [2.05, 4.69) is 0 Å². The van der Waals surface area contributed by atoms with Gasteiger partial charge in [-0.2, -0.15) is 13.5 Å². The Balaban J connectivity index is 0. The van der Waals surface area contributed by atoms with Gasteiger partial charge in [0.1, 0.15) is 5.97 Å². The first-order valence-electron chi connectivity index (χ1n) is 4.37. The quantitative estimate of drug-likeness (QED) is 0.497. The van der Waals surface area contributed by atoms with E-state index in [4.69, 9.17) is 0 Å². The van der Waals surface area contributed by atoms with Crippen molar-refractivity contribution >= 4 is 5.97 Å². The van der Waals surface area contributed by atoms with Crippen molar-refractivity contribution in [2.75, 3.05) is 0 Å². The average Bonchev–Trinajstić information content (AvgIpc) is 2.04. The maximum Gasteiger partial charge on any atom is 0.529 e.